The third-order valence-corrected chi connectivity index (χ3v) is 3.33. The molecule has 0 aliphatic carbocycles. The van der Waals surface area contributed by atoms with Crippen LogP contribution in [0.4, 0.5) is 4.79 Å². The number of amidine groups is 1. The first-order valence-corrected chi connectivity index (χ1v) is 7.64. The van der Waals surface area contributed by atoms with Crippen LogP contribution in [0.3, 0.4) is 0 Å². The lowest BCUT2D eigenvalue weighted by atomic mass is 10.3. The van der Waals surface area contributed by atoms with E-state index >= 15 is 0 Å². The zero-order valence-electron chi connectivity index (χ0n) is 12.2. The number of nitrogens with zero attached hydrogens (tertiary/aromatic N) is 2. The summed E-state index contributed by atoms with van der Waals surface area (Å²) >= 11 is 1.35. The molecular weight excluding hydrogens is 298 g/mol. The maximum absolute atomic E-state index is 12.0. The second kappa shape index (κ2) is 8.63. The zero-order chi connectivity index (χ0) is 15.8. The first-order chi connectivity index (χ1) is 9.93. The highest BCUT2D eigenvalue weighted by Gasteiger charge is 2.20. The lowest BCUT2D eigenvalue weighted by Gasteiger charge is -2.28. The fraction of sp³-hybridized carbons (Fsp3) is 0.667. The van der Waals surface area contributed by atoms with Crippen LogP contribution in [-0.4, -0.2) is 66.6 Å². The van der Waals surface area contributed by atoms with E-state index in [9.17, 15) is 14.4 Å². The topological polar surface area (TPSA) is 97.3 Å². The van der Waals surface area contributed by atoms with Gasteiger partial charge in [0.1, 0.15) is 6.04 Å². The van der Waals surface area contributed by atoms with Gasteiger partial charge in [-0.05, 0) is 13.2 Å². The fourth-order valence-corrected chi connectivity index (χ4v) is 2.21. The number of morpholine rings is 1. The molecule has 0 bridgehead atoms. The highest BCUT2D eigenvalue weighted by atomic mass is 32.2. The first-order valence-electron chi connectivity index (χ1n) is 6.42. The van der Waals surface area contributed by atoms with Crippen molar-refractivity contribution in [2.45, 2.75) is 19.9 Å². The Morgan fingerprint density at radius 2 is 1.95 bits per heavy atom. The third-order valence-electron chi connectivity index (χ3n) is 2.61. The Kier molecular flexibility index (Phi) is 7.17. The van der Waals surface area contributed by atoms with Crippen LogP contribution < -0.4 is 5.32 Å². The number of nitrogens with one attached hydrogen (secondary N) is 1. The molecule has 1 fully saturated rings. The van der Waals surface area contributed by atoms with E-state index < -0.39 is 24.0 Å². The quantitative estimate of drug-likeness (QED) is 0.337. The van der Waals surface area contributed by atoms with E-state index in [2.05, 4.69) is 15.0 Å². The fourth-order valence-electron chi connectivity index (χ4n) is 1.59. The number of alkyl carbamates (subject to hydrolysis) is 1. The van der Waals surface area contributed by atoms with Crippen LogP contribution in [0.1, 0.15) is 13.8 Å². The summed E-state index contributed by atoms with van der Waals surface area (Å²) in [7, 11) is 0. The predicted molar refractivity (Wildman–Crippen MR) is 78.1 cm³/mol. The Morgan fingerprint density at radius 1 is 1.33 bits per heavy atom. The molecule has 0 radical (unpaired) electrons. The highest BCUT2D eigenvalue weighted by molar-refractivity contribution is 8.13. The van der Waals surface area contributed by atoms with Crippen LogP contribution in [0.5, 0.6) is 0 Å². The molecule has 0 spiro atoms. The summed E-state index contributed by atoms with van der Waals surface area (Å²) in [5.74, 6) is -1.25. The average Bonchev–Trinajstić information content (AvgIpc) is 2.44. The van der Waals surface area contributed by atoms with Crippen LogP contribution in [0, 0.1) is 0 Å². The molecule has 9 heteroatoms. The van der Waals surface area contributed by atoms with Crippen LogP contribution in [-0.2, 0) is 19.1 Å². The molecule has 1 atom stereocenters. The van der Waals surface area contributed by atoms with Gasteiger partial charge in [-0.15, -0.1) is 0 Å². The van der Waals surface area contributed by atoms with Gasteiger partial charge in [-0.2, -0.15) is 4.99 Å². The van der Waals surface area contributed by atoms with Gasteiger partial charge in [0.25, 0.3) is 5.91 Å². The van der Waals surface area contributed by atoms with E-state index in [1.807, 2.05) is 11.2 Å². The van der Waals surface area contributed by atoms with Crippen molar-refractivity contribution in [1.29, 1.82) is 0 Å². The summed E-state index contributed by atoms with van der Waals surface area (Å²) in [5, 5.41) is 2.83. The molecule has 1 N–H and O–H groups in total. The number of hydrogen-bond donors (Lipinski definition) is 1. The lowest BCUT2D eigenvalue weighted by molar-refractivity contribution is -0.135. The van der Waals surface area contributed by atoms with E-state index in [4.69, 9.17) is 4.74 Å². The maximum atomic E-state index is 12.0. The van der Waals surface area contributed by atoms with Gasteiger partial charge in [0, 0.05) is 20.0 Å². The number of esters is 1. The molecule has 118 valence electrons. The second-order valence-electron chi connectivity index (χ2n) is 4.28. The molecule has 1 heterocycles. The van der Waals surface area contributed by atoms with Crippen molar-refractivity contribution in [3.05, 3.63) is 0 Å². The van der Waals surface area contributed by atoms with Crippen molar-refractivity contribution < 1.29 is 23.9 Å². The summed E-state index contributed by atoms with van der Waals surface area (Å²) < 4.78 is 9.54. The minimum absolute atomic E-state index is 0.508. The number of carbonyl (C=O) groups is 3. The number of rotatable bonds is 2. The number of aliphatic imine (C=N–C) groups is 1. The standard InChI is InChI=1S/C12H19N3O5S/c1-8(13-12(18)20-9(2)16)10(17)14-11(21-3)15-4-6-19-7-5-15/h8H,4-7H2,1-3H3,(H,13,18)/t8-/m0/s1. The van der Waals surface area contributed by atoms with Crippen molar-refractivity contribution in [3.8, 4) is 0 Å². The number of ether oxygens (including phenoxy) is 2. The average molecular weight is 317 g/mol. The smallest absolute Gasteiger partial charge is 0.378 e. The summed E-state index contributed by atoms with van der Waals surface area (Å²) in [6, 6.07) is -0.875. The second-order valence-corrected chi connectivity index (χ2v) is 5.06. The molecule has 0 aromatic rings. The maximum Gasteiger partial charge on any atom is 0.415 e. The molecule has 1 aliphatic heterocycles. The van der Waals surface area contributed by atoms with Gasteiger partial charge in [-0.3, -0.25) is 9.59 Å². The van der Waals surface area contributed by atoms with E-state index in [0.717, 1.165) is 6.92 Å². The van der Waals surface area contributed by atoms with E-state index in [1.54, 1.807) is 0 Å². The third kappa shape index (κ3) is 6.13. The lowest BCUT2D eigenvalue weighted by Crippen LogP contribution is -2.42. The SMILES string of the molecule is CSC(=NC(=O)[C@H](C)NC(=O)OC(C)=O)N1CCOCC1. The molecule has 21 heavy (non-hydrogen) atoms. The molecule has 2 amide bonds. The normalized spacial score (nSPS) is 17.1. The Balaban J connectivity index is 2.60. The van der Waals surface area contributed by atoms with E-state index in [0.29, 0.717) is 31.5 Å². The minimum atomic E-state index is -0.962. The van der Waals surface area contributed by atoms with Gasteiger partial charge in [0.2, 0.25) is 0 Å². The Hall–Kier alpha value is -1.61. The number of amides is 2. The largest absolute Gasteiger partial charge is 0.415 e. The number of hydrogen-bond acceptors (Lipinski definition) is 6. The van der Waals surface area contributed by atoms with E-state index in [-0.39, 0.29) is 0 Å². The highest BCUT2D eigenvalue weighted by Crippen LogP contribution is 2.09. The zero-order valence-corrected chi connectivity index (χ0v) is 13.1. The molecule has 0 saturated carbocycles. The van der Waals surface area contributed by atoms with Crippen molar-refractivity contribution in [1.82, 2.24) is 10.2 Å². The van der Waals surface area contributed by atoms with Crippen LogP contribution in [0.15, 0.2) is 4.99 Å². The van der Waals surface area contributed by atoms with Crippen molar-refractivity contribution in [2.24, 2.45) is 4.99 Å². The van der Waals surface area contributed by atoms with Crippen LogP contribution in [0.2, 0.25) is 0 Å². The van der Waals surface area contributed by atoms with E-state index in [1.165, 1.54) is 18.7 Å². The molecular formula is C12H19N3O5S. The number of thioether (sulfide) groups is 1. The van der Waals surface area contributed by atoms with Gasteiger partial charge in [-0.25, -0.2) is 4.79 Å². The van der Waals surface area contributed by atoms with Crippen molar-refractivity contribution in [3.63, 3.8) is 0 Å². The van der Waals surface area contributed by atoms with Crippen molar-refractivity contribution in [2.75, 3.05) is 32.6 Å². The summed E-state index contributed by atoms with van der Waals surface area (Å²) in [6.45, 7) is 5.10. The monoisotopic (exact) mass is 317 g/mol. The summed E-state index contributed by atoms with van der Waals surface area (Å²) in [6.07, 6.45) is 0.861. The molecule has 1 saturated heterocycles. The predicted octanol–water partition coefficient (Wildman–Crippen LogP) is 0.225. The molecule has 8 nitrogen and oxygen atoms in total. The van der Waals surface area contributed by atoms with Crippen LogP contribution in [0.25, 0.3) is 0 Å². The van der Waals surface area contributed by atoms with Gasteiger partial charge in [0.05, 0.1) is 13.2 Å². The first kappa shape index (κ1) is 17.4. The molecule has 0 aromatic heterocycles. The van der Waals surface area contributed by atoms with Crippen LogP contribution >= 0.6 is 11.8 Å². The van der Waals surface area contributed by atoms with Gasteiger partial charge < -0.3 is 19.7 Å². The van der Waals surface area contributed by atoms with Gasteiger partial charge >= 0.3 is 12.1 Å². The molecule has 0 aromatic carbocycles. The Bertz CT molecular complexity index is 435. The summed E-state index contributed by atoms with van der Waals surface area (Å²) in [5.41, 5.74) is 0. The minimum Gasteiger partial charge on any atom is -0.378 e. The molecule has 1 aliphatic rings. The Labute approximate surface area is 127 Å². The Morgan fingerprint density at radius 3 is 2.48 bits per heavy atom. The van der Waals surface area contributed by atoms with Crippen molar-refractivity contribution >= 4 is 34.9 Å². The molecule has 0 unspecified atom stereocenters. The van der Waals surface area contributed by atoms with Gasteiger partial charge in [0.15, 0.2) is 5.17 Å². The molecule has 1 rings (SSSR count). The van der Waals surface area contributed by atoms with Gasteiger partial charge in [-0.1, -0.05) is 11.8 Å². The summed E-state index contributed by atoms with van der Waals surface area (Å²) in [4.78, 5) is 39.8. The number of carbonyl (C=O) groups excluding carboxylic acids is 3.